The van der Waals surface area contributed by atoms with Crippen molar-refractivity contribution in [2.45, 2.75) is 6.92 Å². The Morgan fingerprint density at radius 1 is 0.552 bits per heavy atom. The lowest BCUT2D eigenvalue weighted by Crippen LogP contribution is -2.01. The molecule has 0 saturated carbocycles. The summed E-state index contributed by atoms with van der Waals surface area (Å²) in [7, 11) is 0. The second-order valence-corrected chi connectivity index (χ2v) is 6.71. The van der Waals surface area contributed by atoms with Gasteiger partial charge in [0.25, 0.3) is 0 Å². The zero-order valence-corrected chi connectivity index (χ0v) is 16.0. The molecule has 0 saturated heterocycles. The second-order valence-electron chi connectivity index (χ2n) is 6.71. The molecule has 4 rings (SSSR count). The Morgan fingerprint density at radius 3 is 1.59 bits per heavy atom. The smallest absolute Gasteiger partial charge is 0.193 e. The van der Waals surface area contributed by atoms with Crippen LogP contribution in [0.2, 0.25) is 0 Å². The number of hydrogen-bond acceptors (Lipinski definition) is 3. The minimum Gasteiger partial charge on any atom is -0.457 e. The molecule has 4 aromatic rings. The van der Waals surface area contributed by atoms with Gasteiger partial charge in [0.2, 0.25) is 0 Å². The minimum atomic E-state index is -0.0432. The SMILES string of the molecule is Cc1cccc(Oc2ccc(C(=O)c3ccc(Oc4ccccc4)cc3)cc2)c1. The Labute approximate surface area is 170 Å². The monoisotopic (exact) mass is 380 g/mol. The third-order valence-corrected chi connectivity index (χ3v) is 4.44. The minimum absolute atomic E-state index is 0.0432. The Hall–Kier alpha value is -3.85. The van der Waals surface area contributed by atoms with Crippen molar-refractivity contribution in [1.29, 1.82) is 0 Å². The van der Waals surface area contributed by atoms with Gasteiger partial charge in [-0.1, -0.05) is 30.3 Å². The van der Waals surface area contributed by atoms with Crippen LogP contribution in [-0.2, 0) is 0 Å². The molecule has 0 radical (unpaired) electrons. The zero-order valence-electron chi connectivity index (χ0n) is 16.0. The van der Waals surface area contributed by atoms with Gasteiger partial charge in [-0.25, -0.2) is 0 Å². The van der Waals surface area contributed by atoms with Crippen LogP contribution in [0.3, 0.4) is 0 Å². The van der Waals surface area contributed by atoms with E-state index in [2.05, 4.69) is 0 Å². The van der Waals surface area contributed by atoms with Gasteiger partial charge in [0, 0.05) is 11.1 Å². The van der Waals surface area contributed by atoms with Gasteiger partial charge in [0.15, 0.2) is 5.78 Å². The van der Waals surface area contributed by atoms with Crippen LogP contribution in [-0.4, -0.2) is 5.78 Å². The summed E-state index contributed by atoms with van der Waals surface area (Å²) in [5.41, 5.74) is 2.35. The predicted octanol–water partition coefficient (Wildman–Crippen LogP) is 6.81. The van der Waals surface area contributed by atoms with Crippen LogP contribution < -0.4 is 9.47 Å². The van der Waals surface area contributed by atoms with Crippen LogP contribution in [0.4, 0.5) is 0 Å². The van der Waals surface area contributed by atoms with Crippen molar-refractivity contribution in [3.05, 3.63) is 120 Å². The van der Waals surface area contributed by atoms with Gasteiger partial charge in [-0.05, 0) is 85.3 Å². The summed E-state index contributed by atoms with van der Waals surface area (Å²) in [5.74, 6) is 2.88. The number of benzene rings is 4. The van der Waals surface area contributed by atoms with E-state index in [1.807, 2.05) is 73.7 Å². The highest BCUT2D eigenvalue weighted by Gasteiger charge is 2.10. The molecule has 0 amide bonds. The lowest BCUT2D eigenvalue weighted by molar-refractivity contribution is 0.103. The Balaban J connectivity index is 1.43. The van der Waals surface area contributed by atoms with Crippen LogP contribution >= 0.6 is 0 Å². The molecule has 0 spiro atoms. The molecule has 0 aromatic heterocycles. The molecule has 4 aromatic carbocycles. The van der Waals surface area contributed by atoms with E-state index in [1.54, 1.807) is 36.4 Å². The van der Waals surface area contributed by atoms with Crippen molar-refractivity contribution in [3.8, 4) is 23.0 Å². The fraction of sp³-hybridized carbons (Fsp3) is 0.0385. The molecule has 29 heavy (non-hydrogen) atoms. The van der Waals surface area contributed by atoms with Gasteiger partial charge in [-0.2, -0.15) is 0 Å². The fourth-order valence-electron chi connectivity index (χ4n) is 2.95. The first-order valence-electron chi connectivity index (χ1n) is 9.40. The normalized spacial score (nSPS) is 10.4. The van der Waals surface area contributed by atoms with E-state index < -0.39 is 0 Å². The summed E-state index contributed by atoms with van der Waals surface area (Å²) in [6.07, 6.45) is 0. The molecule has 142 valence electrons. The molecular weight excluding hydrogens is 360 g/mol. The highest BCUT2D eigenvalue weighted by Crippen LogP contribution is 2.25. The topological polar surface area (TPSA) is 35.5 Å². The molecule has 0 atom stereocenters. The van der Waals surface area contributed by atoms with Crippen LogP contribution in [0.15, 0.2) is 103 Å². The van der Waals surface area contributed by atoms with Crippen molar-refractivity contribution < 1.29 is 14.3 Å². The molecule has 3 heteroatoms. The van der Waals surface area contributed by atoms with Crippen LogP contribution in [0.5, 0.6) is 23.0 Å². The Bertz CT molecular complexity index is 1100. The van der Waals surface area contributed by atoms with Gasteiger partial charge in [0.05, 0.1) is 0 Å². The number of ketones is 1. The maximum atomic E-state index is 12.7. The van der Waals surface area contributed by atoms with E-state index in [0.717, 1.165) is 17.1 Å². The number of ether oxygens (including phenoxy) is 2. The van der Waals surface area contributed by atoms with Crippen molar-refractivity contribution in [3.63, 3.8) is 0 Å². The molecule has 0 bridgehead atoms. The lowest BCUT2D eigenvalue weighted by atomic mass is 10.0. The first-order chi connectivity index (χ1) is 14.2. The van der Waals surface area contributed by atoms with E-state index in [-0.39, 0.29) is 5.78 Å². The van der Waals surface area contributed by atoms with Gasteiger partial charge >= 0.3 is 0 Å². The van der Waals surface area contributed by atoms with E-state index in [0.29, 0.717) is 22.6 Å². The number of hydrogen-bond donors (Lipinski definition) is 0. The third-order valence-electron chi connectivity index (χ3n) is 4.44. The van der Waals surface area contributed by atoms with Gasteiger partial charge in [0.1, 0.15) is 23.0 Å². The van der Waals surface area contributed by atoms with Crippen LogP contribution in [0, 0.1) is 6.92 Å². The fourth-order valence-corrected chi connectivity index (χ4v) is 2.95. The van der Waals surface area contributed by atoms with Crippen molar-refractivity contribution in [2.75, 3.05) is 0 Å². The van der Waals surface area contributed by atoms with Gasteiger partial charge < -0.3 is 9.47 Å². The van der Waals surface area contributed by atoms with Crippen molar-refractivity contribution in [2.24, 2.45) is 0 Å². The highest BCUT2D eigenvalue weighted by molar-refractivity contribution is 6.09. The number of aryl methyl sites for hydroxylation is 1. The molecule has 0 N–H and O–H groups in total. The predicted molar refractivity (Wildman–Crippen MR) is 114 cm³/mol. The van der Waals surface area contributed by atoms with E-state index in [4.69, 9.17) is 9.47 Å². The molecule has 0 heterocycles. The quantitative estimate of drug-likeness (QED) is 0.345. The van der Waals surface area contributed by atoms with Crippen LogP contribution in [0.1, 0.15) is 21.5 Å². The number of carbonyl (C=O) groups excluding carboxylic acids is 1. The van der Waals surface area contributed by atoms with Crippen LogP contribution in [0.25, 0.3) is 0 Å². The lowest BCUT2D eigenvalue weighted by Gasteiger charge is -2.08. The average Bonchev–Trinajstić information content (AvgIpc) is 2.75. The summed E-state index contributed by atoms with van der Waals surface area (Å²) < 4.78 is 11.6. The Morgan fingerprint density at radius 2 is 1.03 bits per heavy atom. The maximum absolute atomic E-state index is 12.7. The summed E-state index contributed by atoms with van der Waals surface area (Å²) in [4.78, 5) is 12.7. The van der Waals surface area contributed by atoms with Gasteiger partial charge in [-0.15, -0.1) is 0 Å². The van der Waals surface area contributed by atoms with Crippen molar-refractivity contribution >= 4 is 5.78 Å². The molecule has 0 aliphatic rings. The maximum Gasteiger partial charge on any atom is 0.193 e. The third kappa shape index (κ3) is 4.71. The number of rotatable bonds is 6. The summed E-state index contributed by atoms with van der Waals surface area (Å²) in [6, 6.07) is 31.7. The summed E-state index contributed by atoms with van der Waals surface area (Å²) in [6.45, 7) is 2.02. The van der Waals surface area contributed by atoms with Crippen molar-refractivity contribution in [1.82, 2.24) is 0 Å². The average molecular weight is 380 g/mol. The molecule has 0 fully saturated rings. The molecule has 0 unspecified atom stereocenters. The molecule has 0 aliphatic carbocycles. The Kier molecular flexibility index (Phi) is 5.39. The number of carbonyl (C=O) groups is 1. The first-order valence-corrected chi connectivity index (χ1v) is 9.40. The van der Waals surface area contributed by atoms with E-state index in [1.165, 1.54) is 0 Å². The largest absolute Gasteiger partial charge is 0.457 e. The summed E-state index contributed by atoms with van der Waals surface area (Å²) >= 11 is 0. The molecular formula is C26H20O3. The van der Waals surface area contributed by atoms with E-state index >= 15 is 0 Å². The molecule has 3 nitrogen and oxygen atoms in total. The van der Waals surface area contributed by atoms with Gasteiger partial charge in [-0.3, -0.25) is 4.79 Å². The second kappa shape index (κ2) is 8.44. The number of para-hydroxylation sites is 1. The first kappa shape index (κ1) is 18.5. The standard InChI is InChI=1S/C26H20O3/c1-19-6-5-9-25(18-19)29-24-16-12-21(13-17-24)26(27)20-10-14-23(15-11-20)28-22-7-3-2-4-8-22/h2-18H,1H3. The zero-order chi connectivity index (χ0) is 20.1. The highest BCUT2D eigenvalue weighted by atomic mass is 16.5. The molecule has 0 aliphatic heterocycles. The van der Waals surface area contributed by atoms with E-state index in [9.17, 15) is 4.79 Å². The summed E-state index contributed by atoms with van der Waals surface area (Å²) in [5, 5.41) is 0.